The monoisotopic (exact) mass is 637 g/mol. The standard InChI is InChI=1S/C30H41F2N5O6S/c1-30(2,3)27(28(41)37-11-9-19(38)17-37)35-24(40)8-7-23(39)33-10-4-14-43-26-20(5-6-21(31)25(26)32)22-18-44-29(34-22)36-12-15-42-16-13-36/h5-6,18-19,27,38H,4,7-17H2,1-3H3,(H,33,39)(H,35,40)/t19-,27-/m1/s1. The van der Waals surface area contributed by atoms with Gasteiger partial charge in [0.15, 0.2) is 16.7 Å². The number of hydrogen-bond donors (Lipinski definition) is 3. The van der Waals surface area contributed by atoms with E-state index in [0.717, 1.165) is 11.2 Å². The average Bonchev–Trinajstić information content (AvgIpc) is 3.66. The fraction of sp³-hybridized carbons (Fsp3) is 0.600. The highest BCUT2D eigenvalue weighted by Gasteiger charge is 2.37. The van der Waals surface area contributed by atoms with Gasteiger partial charge in [-0.1, -0.05) is 20.8 Å². The minimum atomic E-state index is -1.11. The summed E-state index contributed by atoms with van der Waals surface area (Å²) in [4.78, 5) is 46.2. The number of hydrogen-bond acceptors (Lipinski definition) is 9. The van der Waals surface area contributed by atoms with E-state index in [2.05, 4.69) is 20.5 Å². The molecule has 1 aromatic carbocycles. The van der Waals surface area contributed by atoms with Crippen LogP contribution in [-0.4, -0.2) is 97.4 Å². The molecular weight excluding hydrogens is 596 g/mol. The molecule has 11 nitrogen and oxygen atoms in total. The van der Waals surface area contributed by atoms with Gasteiger partial charge in [-0.25, -0.2) is 9.37 Å². The summed E-state index contributed by atoms with van der Waals surface area (Å²) in [5.41, 5.74) is 0.252. The van der Waals surface area contributed by atoms with Crippen molar-refractivity contribution in [2.75, 3.05) is 57.4 Å². The van der Waals surface area contributed by atoms with E-state index >= 15 is 0 Å². The minimum absolute atomic E-state index is 0.00910. The first kappa shape index (κ1) is 33.5. The summed E-state index contributed by atoms with van der Waals surface area (Å²) in [5.74, 6) is -3.42. The van der Waals surface area contributed by atoms with Crippen LogP contribution in [0.15, 0.2) is 17.5 Å². The Balaban J connectivity index is 1.22. The molecule has 1 aromatic heterocycles. The minimum Gasteiger partial charge on any atom is -0.490 e. The largest absolute Gasteiger partial charge is 0.490 e. The summed E-state index contributed by atoms with van der Waals surface area (Å²) in [6.07, 6.45) is 0.0559. The third-order valence-corrected chi connectivity index (χ3v) is 8.36. The van der Waals surface area contributed by atoms with E-state index in [1.165, 1.54) is 17.4 Å². The summed E-state index contributed by atoms with van der Waals surface area (Å²) < 4.78 is 39.8. The highest BCUT2D eigenvalue weighted by atomic mass is 32.1. The van der Waals surface area contributed by atoms with Gasteiger partial charge < -0.3 is 35.0 Å². The number of anilines is 1. The van der Waals surface area contributed by atoms with E-state index in [0.29, 0.717) is 56.9 Å². The van der Waals surface area contributed by atoms with Crippen LogP contribution in [0.4, 0.5) is 13.9 Å². The molecule has 2 atom stereocenters. The molecule has 2 aliphatic rings. The number of likely N-dealkylation sites (tertiary alicyclic amines) is 1. The number of ether oxygens (including phenoxy) is 2. The zero-order valence-corrected chi connectivity index (χ0v) is 26.2. The van der Waals surface area contributed by atoms with Crippen LogP contribution in [0.2, 0.25) is 0 Å². The van der Waals surface area contributed by atoms with E-state index in [4.69, 9.17) is 9.47 Å². The van der Waals surface area contributed by atoms with Crippen molar-refractivity contribution in [3.8, 4) is 17.0 Å². The number of aromatic nitrogens is 1. The van der Waals surface area contributed by atoms with Crippen molar-refractivity contribution in [2.24, 2.45) is 5.41 Å². The number of nitrogens with one attached hydrogen (secondary N) is 2. The van der Waals surface area contributed by atoms with Crippen molar-refractivity contribution in [3.05, 3.63) is 29.1 Å². The molecule has 3 heterocycles. The highest BCUT2D eigenvalue weighted by Crippen LogP contribution is 2.36. The van der Waals surface area contributed by atoms with Gasteiger partial charge >= 0.3 is 0 Å². The smallest absolute Gasteiger partial charge is 0.245 e. The first-order valence-corrected chi connectivity index (χ1v) is 15.7. The van der Waals surface area contributed by atoms with E-state index in [9.17, 15) is 28.3 Å². The Morgan fingerprint density at radius 2 is 1.89 bits per heavy atom. The molecule has 0 radical (unpaired) electrons. The van der Waals surface area contributed by atoms with Crippen molar-refractivity contribution < 1.29 is 37.7 Å². The Bertz CT molecular complexity index is 1310. The van der Waals surface area contributed by atoms with Gasteiger partial charge in [0, 0.05) is 56.5 Å². The van der Waals surface area contributed by atoms with Crippen molar-refractivity contribution in [3.63, 3.8) is 0 Å². The molecule has 3 amide bonds. The van der Waals surface area contributed by atoms with Gasteiger partial charge in [0.25, 0.3) is 0 Å². The Labute approximate surface area is 259 Å². The summed E-state index contributed by atoms with van der Waals surface area (Å²) in [5, 5.41) is 17.8. The normalized spacial score (nSPS) is 17.8. The van der Waals surface area contributed by atoms with Crippen LogP contribution >= 0.6 is 11.3 Å². The molecule has 14 heteroatoms. The van der Waals surface area contributed by atoms with E-state index in [-0.39, 0.29) is 50.1 Å². The Hall–Kier alpha value is -3.36. The van der Waals surface area contributed by atoms with Crippen LogP contribution in [0.25, 0.3) is 11.3 Å². The molecular formula is C30H41F2N5O6S. The zero-order valence-electron chi connectivity index (χ0n) is 25.4. The molecule has 2 saturated heterocycles. The zero-order chi connectivity index (χ0) is 31.9. The number of rotatable bonds is 12. The lowest BCUT2D eigenvalue weighted by Crippen LogP contribution is -2.54. The number of morpholine rings is 1. The fourth-order valence-electron chi connectivity index (χ4n) is 4.96. The lowest BCUT2D eigenvalue weighted by atomic mass is 9.85. The first-order valence-electron chi connectivity index (χ1n) is 14.9. The second-order valence-corrected chi connectivity index (χ2v) is 12.8. The second-order valence-electron chi connectivity index (χ2n) is 12.0. The Kier molecular flexibility index (Phi) is 11.5. The van der Waals surface area contributed by atoms with E-state index < -0.39 is 35.1 Å². The first-order chi connectivity index (χ1) is 20.9. The maximum absolute atomic E-state index is 14.7. The number of benzene rings is 1. The van der Waals surface area contributed by atoms with Crippen LogP contribution in [0.1, 0.15) is 46.5 Å². The molecule has 2 fully saturated rings. The molecule has 242 valence electrons. The molecule has 0 saturated carbocycles. The van der Waals surface area contributed by atoms with Gasteiger partial charge in [-0.15, -0.1) is 11.3 Å². The Morgan fingerprint density at radius 1 is 1.16 bits per heavy atom. The predicted octanol–water partition coefficient (Wildman–Crippen LogP) is 2.71. The van der Waals surface area contributed by atoms with Crippen LogP contribution in [0.5, 0.6) is 5.75 Å². The van der Waals surface area contributed by atoms with Crippen molar-refractivity contribution in [2.45, 2.75) is 58.6 Å². The number of aliphatic hydroxyl groups excluding tert-OH is 1. The van der Waals surface area contributed by atoms with Crippen LogP contribution in [0, 0.1) is 17.0 Å². The topological polar surface area (TPSA) is 133 Å². The predicted molar refractivity (Wildman–Crippen MR) is 161 cm³/mol. The highest BCUT2D eigenvalue weighted by molar-refractivity contribution is 7.14. The van der Waals surface area contributed by atoms with Crippen molar-refractivity contribution in [1.82, 2.24) is 20.5 Å². The van der Waals surface area contributed by atoms with Crippen molar-refractivity contribution in [1.29, 1.82) is 0 Å². The average molecular weight is 638 g/mol. The van der Waals surface area contributed by atoms with Gasteiger partial charge in [0.1, 0.15) is 6.04 Å². The maximum atomic E-state index is 14.7. The number of thiazole rings is 1. The molecule has 2 aliphatic heterocycles. The molecule has 4 rings (SSSR count). The molecule has 44 heavy (non-hydrogen) atoms. The number of aliphatic hydroxyl groups is 1. The summed E-state index contributed by atoms with van der Waals surface area (Å²) in [7, 11) is 0. The van der Waals surface area contributed by atoms with Gasteiger partial charge in [0.2, 0.25) is 23.5 Å². The van der Waals surface area contributed by atoms with Gasteiger partial charge in [0.05, 0.1) is 31.6 Å². The number of β-amino-alcohol motifs (C(OH)–C–C–N with tert-alkyl or cyclic N) is 1. The fourth-order valence-corrected chi connectivity index (χ4v) is 5.84. The second kappa shape index (κ2) is 15.1. The number of carbonyl (C=O) groups is 3. The van der Waals surface area contributed by atoms with Crippen LogP contribution < -0.4 is 20.3 Å². The van der Waals surface area contributed by atoms with Crippen LogP contribution in [0.3, 0.4) is 0 Å². The van der Waals surface area contributed by atoms with Gasteiger partial charge in [-0.3, -0.25) is 14.4 Å². The van der Waals surface area contributed by atoms with E-state index in [1.54, 1.807) is 10.3 Å². The molecule has 0 spiro atoms. The van der Waals surface area contributed by atoms with Gasteiger partial charge in [-0.2, -0.15) is 4.39 Å². The number of halogens is 2. The van der Waals surface area contributed by atoms with E-state index in [1.807, 2.05) is 20.8 Å². The van der Waals surface area contributed by atoms with Crippen molar-refractivity contribution >= 4 is 34.2 Å². The molecule has 0 aliphatic carbocycles. The third kappa shape index (κ3) is 8.85. The maximum Gasteiger partial charge on any atom is 0.245 e. The molecule has 3 N–H and O–H groups in total. The number of carbonyl (C=O) groups excluding carboxylic acids is 3. The molecule has 0 unspecified atom stereocenters. The summed E-state index contributed by atoms with van der Waals surface area (Å²) in [6.45, 7) is 9.01. The van der Waals surface area contributed by atoms with Crippen LogP contribution in [-0.2, 0) is 19.1 Å². The lowest BCUT2D eigenvalue weighted by molar-refractivity contribution is -0.139. The molecule has 0 bridgehead atoms. The molecule has 2 aromatic rings. The lowest BCUT2D eigenvalue weighted by Gasteiger charge is -2.33. The quantitative estimate of drug-likeness (QED) is 0.303. The number of amides is 3. The number of nitrogens with zero attached hydrogens (tertiary/aromatic N) is 3. The SMILES string of the molecule is CC(C)(C)[C@H](NC(=O)CCC(=O)NCCCOc1c(-c2csc(N3CCOCC3)n2)ccc(F)c1F)C(=O)N1CC[C@@H](O)C1. The Morgan fingerprint density at radius 3 is 2.57 bits per heavy atom. The van der Waals surface area contributed by atoms with Gasteiger partial charge in [-0.05, 0) is 30.4 Å². The third-order valence-electron chi connectivity index (χ3n) is 7.46. The summed E-state index contributed by atoms with van der Waals surface area (Å²) >= 11 is 1.41. The summed E-state index contributed by atoms with van der Waals surface area (Å²) in [6, 6.07) is 1.69.